The molecule has 2 aromatic carbocycles. The third-order valence-electron chi connectivity index (χ3n) is 4.20. The Morgan fingerprint density at radius 3 is 2.40 bits per heavy atom. The van der Waals surface area contributed by atoms with Gasteiger partial charge in [0.25, 0.3) is 11.8 Å². The number of hydrogen-bond donors (Lipinski definition) is 1. The number of halogens is 2. The van der Waals surface area contributed by atoms with Crippen molar-refractivity contribution in [3.63, 3.8) is 0 Å². The Kier molecular flexibility index (Phi) is 4.79. The van der Waals surface area contributed by atoms with Crippen LogP contribution >= 0.6 is 0 Å². The van der Waals surface area contributed by atoms with Crippen LogP contribution in [0.1, 0.15) is 39.1 Å². The second kappa shape index (κ2) is 7.01. The summed E-state index contributed by atoms with van der Waals surface area (Å²) < 4.78 is 27.3. The maximum Gasteiger partial charge on any atom is 0.257 e. The molecule has 0 aromatic heterocycles. The summed E-state index contributed by atoms with van der Waals surface area (Å²) in [6.07, 6.45) is 1.69. The van der Waals surface area contributed by atoms with Crippen molar-refractivity contribution in [1.82, 2.24) is 10.2 Å². The summed E-state index contributed by atoms with van der Waals surface area (Å²) in [5.74, 6) is -2.08. The SMILES string of the molecule is CNC(=O)c1ccc(CN(C(=O)c2cc(F)ccc2F)C2CC2)cc1. The zero-order chi connectivity index (χ0) is 18.0. The lowest BCUT2D eigenvalue weighted by Gasteiger charge is -2.23. The molecular weight excluding hydrogens is 326 g/mol. The Morgan fingerprint density at radius 1 is 1.12 bits per heavy atom. The van der Waals surface area contributed by atoms with E-state index in [4.69, 9.17) is 0 Å². The molecule has 0 bridgehead atoms. The largest absolute Gasteiger partial charge is 0.355 e. The van der Waals surface area contributed by atoms with Crippen LogP contribution in [0, 0.1) is 11.6 Å². The van der Waals surface area contributed by atoms with Crippen LogP contribution in [0.2, 0.25) is 0 Å². The van der Waals surface area contributed by atoms with Crippen LogP contribution in [0.15, 0.2) is 42.5 Å². The molecule has 1 N–H and O–H groups in total. The minimum atomic E-state index is -0.730. The topological polar surface area (TPSA) is 49.4 Å². The first-order valence-corrected chi connectivity index (χ1v) is 8.06. The fourth-order valence-corrected chi connectivity index (χ4v) is 2.67. The van der Waals surface area contributed by atoms with E-state index in [1.165, 1.54) is 0 Å². The molecule has 1 aliphatic rings. The molecule has 0 atom stereocenters. The highest BCUT2D eigenvalue weighted by Gasteiger charge is 2.34. The molecule has 0 heterocycles. The van der Waals surface area contributed by atoms with Gasteiger partial charge >= 0.3 is 0 Å². The molecule has 1 saturated carbocycles. The molecule has 2 amide bonds. The fourth-order valence-electron chi connectivity index (χ4n) is 2.67. The number of nitrogens with zero attached hydrogens (tertiary/aromatic N) is 1. The van der Waals surface area contributed by atoms with E-state index in [1.807, 2.05) is 0 Å². The first-order valence-electron chi connectivity index (χ1n) is 8.06. The molecule has 1 aliphatic carbocycles. The van der Waals surface area contributed by atoms with Gasteiger partial charge in [0.1, 0.15) is 11.6 Å². The Bertz CT molecular complexity index is 802. The van der Waals surface area contributed by atoms with Crippen LogP contribution in [0.25, 0.3) is 0 Å². The maximum atomic E-state index is 13.9. The van der Waals surface area contributed by atoms with Crippen LogP contribution < -0.4 is 5.32 Å². The average molecular weight is 344 g/mol. The van der Waals surface area contributed by atoms with Gasteiger partial charge in [0.2, 0.25) is 0 Å². The summed E-state index contributed by atoms with van der Waals surface area (Å²) in [5.41, 5.74) is 1.09. The van der Waals surface area contributed by atoms with Gasteiger partial charge in [-0.15, -0.1) is 0 Å². The summed E-state index contributed by atoms with van der Waals surface area (Å²) in [4.78, 5) is 25.8. The van der Waals surface area contributed by atoms with Gasteiger partial charge in [0.15, 0.2) is 0 Å². The predicted molar refractivity (Wildman–Crippen MR) is 89.1 cm³/mol. The molecule has 0 unspecified atom stereocenters. The van der Waals surface area contributed by atoms with Gasteiger partial charge in [-0.3, -0.25) is 9.59 Å². The highest BCUT2D eigenvalue weighted by molar-refractivity contribution is 5.95. The molecule has 0 saturated heterocycles. The van der Waals surface area contributed by atoms with Crippen molar-refractivity contribution in [2.45, 2.75) is 25.4 Å². The lowest BCUT2D eigenvalue weighted by molar-refractivity contribution is 0.0724. The Balaban J connectivity index is 1.81. The quantitative estimate of drug-likeness (QED) is 0.906. The summed E-state index contributed by atoms with van der Waals surface area (Å²) in [5, 5.41) is 2.54. The van der Waals surface area contributed by atoms with Crippen LogP contribution in [0.5, 0.6) is 0 Å². The van der Waals surface area contributed by atoms with Crippen molar-refractivity contribution in [3.8, 4) is 0 Å². The minimum Gasteiger partial charge on any atom is -0.355 e. The Labute approximate surface area is 144 Å². The van der Waals surface area contributed by atoms with E-state index >= 15 is 0 Å². The van der Waals surface area contributed by atoms with Gasteiger partial charge in [0.05, 0.1) is 5.56 Å². The van der Waals surface area contributed by atoms with Gasteiger partial charge in [-0.25, -0.2) is 8.78 Å². The first-order chi connectivity index (χ1) is 12.0. The number of amides is 2. The second-order valence-corrected chi connectivity index (χ2v) is 6.06. The van der Waals surface area contributed by atoms with Gasteiger partial charge in [-0.2, -0.15) is 0 Å². The lowest BCUT2D eigenvalue weighted by atomic mass is 10.1. The van der Waals surface area contributed by atoms with Crippen LogP contribution in [0.4, 0.5) is 8.78 Å². The molecule has 3 rings (SSSR count). The van der Waals surface area contributed by atoms with E-state index in [1.54, 1.807) is 36.2 Å². The molecule has 1 fully saturated rings. The van der Waals surface area contributed by atoms with Crippen molar-refractivity contribution >= 4 is 11.8 Å². The zero-order valence-corrected chi connectivity index (χ0v) is 13.8. The molecule has 2 aromatic rings. The number of hydrogen-bond acceptors (Lipinski definition) is 2. The van der Waals surface area contributed by atoms with Crippen LogP contribution in [-0.2, 0) is 6.54 Å². The predicted octanol–water partition coefficient (Wildman–Crippen LogP) is 3.13. The Morgan fingerprint density at radius 2 is 1.80 bits per heavy atom. The van der Waals surface area contributed by atoms with Crippen molar-refractivity contribution in [1.29, 1.82) is 0 Å². The number of rotatable bonds is 5. The van der Waals surface area contributed by atoms with E-state index in [0.717, 1.165) is 36.6 Å². The van der Waals surface area contributed by atoms with E-state index in [9.17, 15) is 18.4 Å². The van der Waals surface area contributed by atoms with Crippen molar-refractivity contribution in [2.24, 2.45) is 0 Å². The number of carbonyl (C=O) groups excluding carboxylic acids is 2. The standard InChI is InChI=1S/C19H18F2N2O2/c1-22-18(24)13-4-2-12(3-5-13)11-23(15-7-8-15)19(25)16-10-14(20)6-9-17(16)21/h2-6,9-10,15H,7-8,11H2,1H3,(H,22,24). The zero-order valence-electron chi connectivity index (χ0n) is 13.8. The van der Waals surface area contributed by atoms with Gasteiger partial charge in [0, 0.05) is 25.2 Å². The van der Waals surface area contributed by atoms with E-state index in [-0.39, 0.29) is 24.1 Å². The van der Waals surface area contributed by atoms with E-state index < -0.39 is 17.5 Å². The maximum absolute atomic E-state index is 13.9. The monoisotopic (exact) mass is 344 g/mol. The molecular formula is C19H18F2N2O2. The normalized spacial score (nSPS) is 13.4. The first kappa shape index (κ1) is 17.1. The second-order valence-electron chi connectivity index (χ2n) is 6.06. The molecule has 25 heavy (non-hydrogen) atoms. The van der Waals surface area contributed by atoms with E-state index in [0.29, 0.717) is 5.56 Å². The summed E-state index contributed by atoms with van der Waals surface area (Å²) in [7, 11) is 1.55. The number of nitrogens with one attached hydrogen (secondary N) is 1. The molecule has 6 heteroatoms. The third kappa shape index (κ3) is 3.84. The summed E-state index contributed by atoms with van der Waals surface area (Å²) in [6, 6.07) is 9.79. The highest BCUT2D eigenvalue weighted by atomic mass is 19.1. The van der Waals surface area contributed by atoms with Crippen molar-refractivity contribution in [2.75, 3.05) is 7.05 Å². The molecule has 4 nitrogen and oxygen atoms in total. The van der Waals surface area contributed by atoms with Crippen LogP contribution in [-0.4, -0.2) is 29.8 Å². The average Bonchev–Trinajstić information content (AvgIpc) is 3.46. The van der Waals surface area contributed by atoms with Crippen molar-refractivity contribution < 1.29 is 18.4 Å². The van der Waals surface area contributed by atoms with Crippen molar-refractivity contribution in [3.05, 3.63) is 70.8 Å². The minimum absolute atomic E-state index is 0.0359. The number of carbonyl (C=O) groups is 2. The molecule has 0 radical (unpaired) electrons. The van der Waals surface area contributed by atoms with Gasteiger partial charge in [-0.05, 0) is 48.7 Å². The smallest absolute Gasteiger partial charge is 0.257 e. The van der Waals surface area contributed by atoms with Gasteiger partial charge in [-0.1, -0.05) is 12.1 Å². The third-order valence-corrected chi connectivity index (χ3v) is 4.20. The Hall–Kier alpha value is -2.76. The van der Waals surface area contributed by atoms with Crippen LogP contribution in [0.3, 0.4) is 0 Å². The lowest BCUT2D eigenvalue weighted by Crippen LogP contribution is -2.33. The fraction of sp³-hybridized carbons (Fsp3) is 0.263. The summed E-state index contributed by atoms with van der Waals surface area (Å²) in [6.45, 7) is 0.285. The summed E-state index contributed by atoms with van der Waals surface area (Å²) >= 11 is 0. The molecule has 0 aliphatic heterocycles. The number of benzene rings is 2. The molecule has 130 valence electrons. The van der Waals surface area contributed by atoms with E-state index in [2.05, 4.69) is 5.32 Å². The van der Waals surface area contributed by atoms with Gasteiger partial charge < -0.3 is 10.2 Å². The molecule has 0 spiro atoms. The highest BCUT2D eigenvalue weighted by Crippen LogP contribution is 2.30.